The summed E-state index contributed by atoms with van der Waals surface area (Å²) in [6.45, 7) is 0.268. The molecule has 21 heavy (non-hydrogen) atoms. The highest BCUT2D eigenvalue weighted by Gasteiger charge is 2.41. The quantitative estimate of drug-likeness (QED) is 0.858. The van der Waals surface area contributed by atoms with E-state index in [1.165, 1.54) is 30.6 Å². The molecule has 2 bridgehead atoms. The van der Waals surface area contributed by atoms with E-state index in [4.69, 9.17) is 10.5 Å². The summed E-state index contributed by atoms with van der Waals surface area (Å²) in [6.07, 6.45) is 6.35. The van der Waals surface area contributed by atoms with Crippen LogP contribution in [-0.4, -0.2) is 35.5 Å². The molecule has 5 nitrogen and oxygen atoms in total. The first-order valence-electron chi connectivity index (χ1n) is 7.56. The van der Waals surface area contributed by atoms with Gasteiger partial charge in [-0.25, -0.2) is 0 Å². The van der Waals surface area contributed by atoms with Crippen LogP contribution in [0, 0.1) is 34.5 Å². The number of carbonyl (C=O) groups excluding carboxylic acids is 1. The van der Waals surface area contributed by atoms with Gasteiger partial charge >= 0.3 is 0 Å². The molecule has 3 aliphatic rings. The van der Waals surface area contributed by atoms with E-state index in [2.05, 4.69) is 17.5 Å². The highest BCUT2D eigenvalue weighted by Crippen LogP contribution is 2.44. The Morgan fingerprint density at radius 2 is 1.76 bits per heavy atom. The Hall–Kier alpha value is -1.30. The van der Waals surface area contributed by atoms with E-state index in [9.17, 15) is 4.79 Å². The average Bonchev–Trinajstić information content (AvgIpc) is 3.17. The number of nitrogens with one attached hydrogen (secondary N) is 1. The van der Waals surface area contributed by atoms with Crippen molar-refractivity contribution in [2.45, 2.75) is 56.7 Å². The second-order valence-corrected chi connectivity index (χ2v) is 6.33. The highest BCUT2D eigenvalue weighted by molar-refractivity contribution is 5.85. The van der Waals surface area contributed by atoms with Crippen LogP contribution in [0.4, 0.5) is 0 Å². The summed E-state index contributed by atoms with van der Waals surface area (Å²) in [5, 5.41) is 21.6. The number of carbonyl (C=O) groups is 1. The van der Waals surface area contributed by atoms with Crippen molar-refractivity contribution < 1.29 is 4.79 Å². The highest BCUT2D eigenvalue weighted by atomic mass is 35.5. The average molecular weight is 309 g/mol. The molecule has 3 rings (SSSR count). The molecule has 1 amide bonds. The SMILES string of the molecule is Cl.N#C[C@@H]1CC[C@H](C#N)N1C(=O)CN[C@@H]1C[C@H]2CC[C@@H]1C2. The van der Waals surface area contributed by atoms with Crippen LogP contribution in [0.1, 0.15) is 38.5 Å². The minimum absolute atomic E-state index is 0. The predicted octanol–water partition coefficient (Wildman–Crippen LogP) is 1.59. The minimum atomic E-state index is -0.422. The summed E-state index contributed by atoms with van der Waals surface area (Å²) < 4.78 is 0. The van der Waals surface area contributed by atoms with Crippen molar-refractivity contribution >= 4 is 18.3 Å². The van der Waals surface area contributed by atoms with Gasteiger partial charge in [0, 0.05) is 6.04 Å². The van der Waals surface area contributed by atoms with Gasteiger partial charge in [0.1, 0.15) is 12.1 Å². The monoisotopic (exact) mass is 308 g/mol. The zero-order chi connectivity index (χ0) is 14.1. The maximum Gasteiger partial charge on any atom is 0.238 e. The van der Waals surface area contributed by atoms with E-state index in [0.29, 0.717) is 18.9 Å². The Morgan fingerprint density at radius 3 is 2.24 bits per heavy atom. The standard InChI is InChI=1S/C15H20N4O.ClH/c16-7-12-3-4-13(8-17)19(12)15(20)9-18-14-6-10-1-2-11(14)5-10;/h10-14,18H,1-6,9H2;1H/t10-,11+,12-,13+,14+;/m0./s1. The number of likely N-dealkylation sites (tertiary alicyclic amines) is 1. The molecule has 114 valence electrons. The summed E-state index contributed by atoms with van der Waals surface area (Å²) in [4.78, 5) is 13.8. The molecule has 1 N–H and O–H groups in total. The van der Waals surface area contributed by atoms with Gasteiger partial charge in [0.15, 0.2) is 0 Å². The zero-order valence-electron chi connectivity index (χ0n) is 12.0. The van der Waals surface area contributed by atoms with Gasteiger partial charge in [-0.15, -0.1) is 12.4 Å². The van der Waals surface area contributed by atoms with Crippen LogP contribution >= 0.6 is 12.4 Å². The molecule has 2 saturated carbocycles. The van der Waals surface area contributed by atoms with Crippen LogP contribution in [-0.2, 0) is 4.79 Å². The van der Waals surface area contributed by atoms with Gasteiger partial charge in [0.05, 0.1) is 18.7 Å². The van der Waals surface area contributed by atoms with Gasteiger partial charge in [0.2, 0.25) is 5.91 Å². The van der Waals surface area contributed by atoms with E-state index >= 15 is 0 Å². The van der Waals surface area contributed by atoms with Gasteiger partial charge in [-0.05, 0) is 43.9 Å². The Kier molecular flexibility index (Phi) is 5.08. The molecule has 0 aromatic carbocycles. The van der Waals surface area contributed by atoms with Crippen LogP contribution in [0.25, 0.3) is 0 Å². The molecular formula is C15H21ClN4O. The Balaban J connectivity index is 0.00000161. The van der Waals surface area contributed by atoms with E-state index in [-0.39, 0.29) is 24.9 Å². The fourth-order valence-corrected chi connectivity index (χ4v) is 4.22. The molecule has 2 aliphatic carbocycles. The lowest BCUT2D eigenvalue weighted by molar-refractivity contribution is -0.131. The summed E-state index contributed by atoms with van der Waals surface area (Å²) in [7, 11) is 0. The molecule has 1 heterocycles. The Bertz CT molecular complexity index is 461. The molecule has 5 atom stereocenters. The van der Waals surface area contributed by atoms with Crippen molar-refractivity contribution in [1.82, 2.24) is 10.2 Å². The lowest BCUT2D eigenvalue weighted by atomic mass is 9.95. The van der Waals surface area contributed by atoms with E-state index in [0.717, 1.165) is 11.8 Å². The van der Waals surface area contributed by atoms with Crippen LogP contribution in [0.3, 0.4) is 0 Å². The first-order valence-corrected chi connectivity index (χ1v) is 7.56. The number of fused-ring (bicyclic) bond motifs is 2. The molecular weight excluding hydrogens is 288 g/mol. The van der Waals surface area contributed by atoms with Gasteiger partial charge in [0.25, 0.3) is 0 Å². The van der Waals surface area contributed by atoms with E-state index in [1.807, 2.05) is 0 Å². The number of amides is 1. The van der Waals surface area contributed by atoms with Crippen molar-refractivity contribution in [2.75, 3.05) is 6.54 Å². The van der Waals surface area contributed by atoms with Crippen LogP contribution in [0.15, 0.2) is 0 Å². The number of hydrogen-bond acceptors (Lipinski definition) is 4. The van der Waals surface area contributed by atoms with Gasteiger partial charge in [-0.2, -0.15) is 10.5 Å². The molecule has 0 aromatic rings. The molecule has 6 heteroatoms. The summed E-state index contributed by atoms with van der Waals surface area (Å²) in [5.74, 6) is 1.48. The number of rotatable bonds is 3. The fraction of sp³-hybridized carbons (Fsp3) is 0.800. The smallest absolute Gasteiger partial charge is 0.238 e. The summed E-state index contributed by atoms with van der Waals surface area (Å²) >= 11 is 0. The maximum atomic E-state index is 12.3. The van der Waals surface area contributed by atoms with Crippen LogP contribution < -0.4 is 5.32 Å². The third-order valence-corrected chi connectivity index (χ3v) is 5.22. The molecule has 1 saturated heterocycles. The summed E-state index contributed by atoms with van der Waals surface area (Å²) in [5.41, 5.74) is 0. The minimum Gasteiger partial charge on any atom is -0.310 e. The Labute approximate surface area is 131 Å². The van der Waals surface area contributed by atoms with Crippen LogP contribution in [0.2, 0.25) is 0 Å². The van der Waals surface area contributed by atoms with Gasteiger partial charge in [-0.1, -0.05) is 6.42 Å². The third-order valence-electron chi connectivity index (χ3n) is 5.22. The third kappa shape index (κ3) is 3.00. The van der Waals surface area contributed by atoms with Crippen molar-refractivity contribution in [2.24, 2.45) is 11.8 Å². The Morgan fingerprint density at radius 1 is 1.10 bits per heavy atom. The lowest BCUT2D eigenvalue weighted by Crippen LogP contribution is -2.47. The molecule has 1 aliphatic heterocycles. The molecule has 0 aromatic heterocycles. The number of nitriles is 2. The number of hydrogen-bond donors (Lipinski definition) is 1. The molecule has 0 spiro atoms. The van der Waals surface area contributed by atoms with E-state index < -0.39 is 12.1 Å². The number of halogens is 1. The van der Waals surface area contributed by atoms with Crippen molar-refractivity contribution in [3.8, 4) is 12.1 Å². The predicted molar refractivity (Wildman–Crippen MR) is 79.4 cm³/mol. The van der Waals surface area contributed by atoms with Gasteiger partial charge in [-0.3, -0.25) is 4.79 Å². The largest absolute Gasteiger partial charge is 0.310 e. The van der Waals surface area contributed by atoms with E-state index in [1.54, 1.807) is 0 Å². The topological polar surface area (TPSA) is 79.9 Å². The maximum absolute atomic E-state index is 12.3. The fourth-order valence-electron chi connectivity index (χ4n) is 4.22. The second-order valence-electron chi connectivity index (χ2n) is 6.33. The summed E-state index contributed by atoms with van der Waals surface area (Å²) in [6, 6.07) is 3.90. The van der Waals surface area contributed by atoms with Crippen molar-refractivity contribution in [3.63, 3.8) is 0 Å². The second kappa shape index (κ2) is 6.64. The first kappa shape index (κ1) is 16.1. The zero-order valence-corrected chi connectivity index (χ0v) is 12.8. The first-order chi connectivity index (χ1) is 9.72. The van der Waals surface area contributed by atoms with Crippen molar-refractivity contribution in [1.29, 1.82) is 10.5 Å². The van der Waals surface area contributed by atoms with Crippen LogP contribution in [0.5, 0.6) is 0 Å². The molecule has 3 fully saturated rings. The lowest BCUT2D eigenvalue weighted by Gasteiger charge is -2.26. The van der Waals surface area contributed by atoms with Gasteiger partial charge < -0.3 is 10.2 Å². The number of nitrogens with zero attached hydrogens (tertiary/aromatic N) is 3. The molecule has 0 unspecified atom stereocenters. The van der Waals surface area contributed by atoms with Crippen molar-refractivity contribution in [3.05, 3.63) is 0 Å². The molecule has 0 radical (unpaired) electrons. The normalized spacial score (nSPS) is 36.9.